The van der Waals surface area contributed by atoms with E-state index in [-0.39, 0.29) is 13.2 Å². The molecule has 80 valence electrons. The van der Waals surface area contributed by atoms with Gasteiger partial charge in [-0.3, -0.25) is 0 Å². The molecule has 0 fully saturated rings. The summed E-state index contributed by atoms with van der Waals surface area (Å²) >= 11 is 0. The van der Waals surface area contributed by atoms with Gasteiger partial charge in [0.1, 0.15) is 6.61 Å². The monoisotopic (exact) mass is 200 g/mol. The highest BCUT2D eigenvalue weighted by Crippen LogP contribution is 2.01. The summed E-state index contributed by atoms with van der Waals surface area (Å²) in [7, 11) is 0. The molecule has 0 radical (unpaired) electrons. The number of aliphatic hydroxyl groups excluding tert-OH is 1. The minimum Gasteiger partial charge on any atom is -0.495 e. The van der Waals surface area contributed by atoms with E-state index < -0.39 is 12.1 Å². The van der Waals surface area contributed by atoms with Crippen molar-refractivity contribution in [3.05, 3.63) is 24.5 Å². The zero-order chi connectivity index (χ0) is 11.1. The highest BCUT2D eigenvalue weighted by atomic mass is 16.6. The predicted octanol–water partition coefficient (Wildman–Crippen LogP) is 1.02. The Labute approximate surface area is 83.8 Å². The van der Waals surface area contributed by atoms with Crippen LogP contribution in [0.5, 0.6) is 0 Å². The van der Waals surface area contributed by atoms with Crippen LogP contribution in [-0.2, 0) is 14.3 Å². The molecule has 0 aliphatic carbocycles. The minimum absolute atomic E-state index is 0.102. The first kappa shape index (κ1) is 12.7. The average Bonchev–Trinajstić information content (AvgIpc) is 2.11. The summed E-state index contributed by atoms with van der Waals surface area (Å²) < 4.78 is 9.87. The zero-order valence-corrected chi connectivity index (χ0v) is 8.58. The summed E-state index contributed by atoms with van der Waals surface area (Å²) in [5.41, 5.74) is 0.291. The number of ether oxygens (including phenoxy) is 2. The van der Waals surface area contributed by atoms with Gasteiger partial charge in [-0.15, -0.1) is 0 Å². The topological polar surface area (TPSA) is 55.8 Å². The number of aliphatic hydroxyl groups is 1. The Morgan fingerprint density at radius 3 is 2.36 bits per heavy atom. The van der Waals surface area contributed by atoms with E-state index in [2.05, 4.69) is 13.2 Å². The van der Waals surface area contributed by atoms with Crippen LogP contribution >= 0.6 is 0 Å². The second kappa shape index (κ2) is 6.21. The van der Waals surface area contributed by atoms with Crippen molar-refractivity contribution in [3.63, 3.8) is 0 Å². The maximum Gasteiger partial charge on any atom is 0.333 e. The highest BCUT2D eigenvalue weighted by molar-refractivity contribution is 5.87. The number of allylic oxidation sites excluding steroid dienone is 1. The van der Waals surface area contributed by atoms with E-state index in [0.717, 1.165) is 0 Å². The quantitative estimate of drug-likeness (QED) is 0.395. The van der Waals surface area contributed by atoms with Crippen LogP contribution in [0.2, 0.25) is 0 Å². The lowest BCUT2D eigenvalue weighted by Gasteiger charge is -2.16. The maximum atomic E-state index is 11.0. The Morgan fingerprint density at radius 1 is 1.43 bits per heavy atom. The van der Waals surface area contributed by atoms with Gasteiger partial charge in [-0.05, 0) is 13.8 Å². The Hall–Kier alpha value is -1.29. The van der Waals surface area contributed by atoms with Crippen LogP contribution in [0.3, 0.4) is 0 Å². The molecule has 0 amide bonds. The van der Waals surface area contributed by atoms with Gasteiger partial charge in [-0.2, -0.15) is 0 Å². The van der Waals surface area contributed by atoms with Crippen LogP contribution in [-0.4, -0.2) is 30.4 Å². The largest absolute Gasteiger partial charge is 0.495 e. The van der Waals surface area contributed by atoms with Gasteiger partial charge in [0.15, 0.2) is 6.10 Å². The summed E-state index contributed by atoms with van der Waals surface area (Å²) in [6.45, 7) is 9.97. The smallest absolute Gasteiger partial charge is 0.333 e. The van der Waals surface area contributed by atoms with Crippen LogP contribution in [0.15, 0.2) is 24.5 Å². The van der Waals surface area contributed by atoms with Gasteiger partial charge in [0.25, 0.3) is 0 Å². The van der Waals surface area contributed by atoms with Crippen molar-refractivity contribution in [1.82, 2.24) is 0 Å². The summed E-state index contributed by atoms with van der Waals surface area (Å²) in [5, 5.41) is 8.85. The van der Waals surface area contributed by atoms with Crippen molar-refractivity contribution in [2.45, 2.75) is 20.0 Å². The molecule has 0 bridgehead atoms. The third kappa shape index (κ3) is 5.37. The first-order valence-corrected chi connectivity index (χ1v) is 4.23. The Kier molecular flexibility index (Phi) is 5.64. The van der Waals surface area contributed by atoms with Gasteiger partial charge < -0.3 is 14.6 Å². The first-order valence-electron chi connectivity index (χ1n) is 4.23. The number of esters is 1. The molecule has 0 saturated carbocycles. The standard InChI is InChI=1S/C10H16O4/c1-7(2)10(12)14-9(5-11)6-13-8(3)4/h9,11H,1,3,5-6H2,2,4H3. The molecule has 0 saturated heterocycles. The van der Waals surface area contributed by atoms with E-state index in [1.165, 1.54) is 6.92 Å². The summed E-state index contributed by atoms with van der Waals surface area (Å²) in [5.74, 6) is -0.0239. The Bertz CT molecular complexity index is 232. The Morgan fingerprint density at radius 2 is 2.00 bits per heavy atom. The molecule has 1 atom stereocenters. The van der Waals surface area contributed by atoms with Crippen LogP contribution in [0, 0.1) is 0 Å². The fourth-order valence-corrected chi connectivity index (χ4v) is 0.611. The molecule has 0 heterocycles. The summed E-state index contributed by atoms with van der Waals surface area (Å²) in [4.78, 5) is 11.0. The normalized spacial score (nSPS) is 11.6. The van der Waals surface area contributed by atoms with E-state index >= 15 is 0 Å². The van der Waals surface area contributed by atoms with Crippen molar-refractivity contribution >= 4 is 5.97 Å². The lowest BCUT2D eigenvalue weighted by atomic mass is 10.3. The lowest BCUT2D eigenvalue weighted by Crippen LogP contribution is -2.27. The SMILES string of the molecule is C=C(C)OCC(CO)OC(=O)C(=C)C. The summed E-state index contributed by atoms with van der Waals surface area (Å²) in [6, 6.07) is 0. The molecule has 0 aromatic heterocycles. The second-order valence-electron chi connectivity index (χ2n) is 3.00. The van der Waals surface area contributed by atoms with E-state index in [1.807, 2.05) is 0 Å². The number of carbonyl (C=O) groups excluding carboxylic acids is 1. The molecule has 0 aliphatic rings. The fourth-order valence-electron chi connectivity index (χ4n) is 0.611. The van der Waals surface area contributed by atoms with Gasteiger partial charge in [-0.25, -0.2) is 4.79 Å². The number of rotatable bonds is 6. The van der Waals surface area contributed by atoms with E-state index in [0.29, 0.717) is 11.3 Å². The van der Waals surface area contributed by atoms with Crippen molar-refractivity contribution in [2.24, 2.45) is 0 Å². The van der Waals surface area contributed by atoms with Gasteiger partial charge in [0.2, 0.25) is 0 Å². The molecular weight excluding hydrogens is 184 g/mol. The molecule has 1 unspecified atom stereocenters. The third-order valence-corrected chi connectivity index (χ3v) is 1.34. The van der Waals surface area contributed by atoms with Gasteiger partial charge >= 0.3 is 5.97 Å². The molecule has 4 heteroatoms. The van der Waals surface area contributed by atoms with Crippen molar-refractivity contribution < 1.29 is 19.4 Å². The molecule has 0 spiro atoms. The molecule has 1 N–H and O–H groups in total. The number of hydrogen-bond donors (Lipinski definition) is 1. The number of carbonyl (C=O) groups is 1. The number of hydrogen-bond acceptors (Lipinski definition) is 4. The molecular formula is C10H16O4. The lowest BCUT2D eigenvalue weighted by molar-refractivity contribution is -0.148. The van der Waals surface area contributed by atoms with E-state index in [1.54, 1.807) is 6.92 Å². The first-order chi connectivity index (χ1) is 6.47. The fraction of sp³-hybridized carbons (Fsp3) is 0.500. The van der Waals surface area contributed by atoms with Crippen LogP contribution < -0.4 is 0 Å². The predicted molar refractivity (Wildman–Crippen MR) is 52.5 cm³/mol. The van der Waals surface area contributed by atoms with Crippen LogP contribution in [0.4, 0.5) is 0 Å². The third-order valence-electron chi connectivity index (χ3n) is 1.34. The van der Waals surface area contributed by atoms with Crippen LogP contribution in [0.1, 0.15) is 13.8 Å². The molecule has 0 aliphatic heterocycles. The highest BCUT2D eigenvalue weighted by Gasteiger charge is 2.14. The molecule has 0 aromatic rings. The zero-order valence-electron chi connectivity index (χ0n) is 8.58. The molecule has 4 nitrogen and oxygen atoms in total. The van der Waals surface area contributed by atoms with E-state index in [4.69, 9.17) is 14.6 Å². The van der Waals surface area contributed by atoms with Crippen molar-refractivity contribution in [2.75, 3.05) is 13.2 Å². The van der Waals surface area contributed by atoms with Crippen LogP contribution in [0.25, 0.3) is 0 Å². The van der Waals surface area contributed by atoms with Crippen molar-refractivity contribution in [1.29, 1.82) is 0 Å². The van der Waals surface area contributed by atoms with Gasteiger partial charge in [-0.1, -0.05) is 13.2 Å². The molecule has 0 aromatic carbocycles. The van der Waals surface area contributed by atoms with Gasteiger partial charge in [0.05, 0.1) is 12.4 Å². The molecule has 14 heavy (non-hydrogen) atoms. The van der Waals surface area contributed by atoms with Crippen molar-refractivity contribution in [3.8, 4) is 0 Å². The molecule has 0 rings (SSSR count). The second-order valence-corrected chi connectivity index (χ2v) is 3.00. The maximum absolute atomic E-state index is 11.0. The summed E-state index contributed by atoms with van der Waals surface area (Å²) in [6.07, 6.45) is -0.670. The minimum atomic E-state index is -0.670. The Balaban J connectivity index is 3.96. The van der Waals surface area contributed by atoms with Gasteiger partial charge in [0, 0.05) is 5.57 Å². The van der Waals surface area contributed by atoms with E-state index in [9.17, 15) is 4.79 Å². The average molecular weight is 200 g/mol.